The van der Waals surface area contributed by atoms with Gasteiger partial charge in [-0.1, -0.05) is 94.1 Å². The van der Waals surface area contributed by atoms with Crippen LogP contribution < -0.4 is 5.30 Å². The van der Waals surface area contributed by atoms with Crippen LogP contribution in [-0.2, 0) is 16.2 Å². The predicted molar refractivity (Wildman–Crippen MR) is 124 cm³/mol. The molecule has 0 saturated heterocycles. The van der Waals surface area contributed by atoms with Crippen LogP contribution in [0.3, 0.4) is 0 Å². The van der Waals surface area contributed by atoms with Crippen LogP contribution in [0.25, 0.3) is 0 Å². The summed E-state index contributed by atoms with van der Waals surface area (Å²) in [4.78, 5) is 12.5. The zero-order chi connectivity index (χ0) is 20.9. The van der Waals surface area contributed by atoms with Crippen molar-refractivity contribution in [3.63, 3.8) is 0 Å². The van der Waals surface area contributed by atoms with E-state index < -0.39 is 15.2 Å². The molecule has 0 radical (unpaired) electrons. The number of carbonyl (C=O) groups is 1. The normalized spacial score (nSPS) is 15.1. The molecule has 0 saturated carbocycles. The monoisotopic (exact) mass is 412 g/mol. The topological polar surface area (TPSA) is 17.1 Å². The number of halogens is 1. The fourth-order valence-corrected chi connectivity index (χ4v) is 12.6. The number of benzene rings is 1. The summed E-state index contributed by atoms with van der Waals surface area (Å²) in [6.45, 7) is 27.1. The van der Waals surface area contributed by atoms with Crippen molar-refractivity contribution in [2.24, 2.45) is 0 Å². The van der Waals surface area contributed by atoms with E-state index in [1.165, 1.54) is 22.0 Å². The molecule has 0 aliphatic carbocycles. The van der Waals surface area contributed by atoms with E-state index >= 15 is 0 Å². The van der Waals surface area contributed by atoms with Crippen molar-refractivity contribution in [3.8, 4) is 0 Å². The molecular weight excluding hydrogens is 375 g/mol. The second-order valence-corrected chi connectivity index (χ2v) is 23.3. The van der Waals surface area contributed by atoms with Gasteiger partial charge >= 0.3 is 0 Å². The van der Waals surface area contributed by atoms with Gasteiger partial charge in [0, 0.05) is 0 Å². The molecule has 4 heteroatoms. The molecule has 26 heavy (non-hydrogen) atoms. The van der Waals surface area contributed by atoms with E-state index in [0.717, 1.165) is 0 Å². The van der Waals surface area contributed by atoms with E-state index in [-0.39, 0.29) is 21.2 Å². The third-order valence-electron chi connectivity index (χ3n) is 4.66. The molecule has 1 atom stereocenters. The minimum absolute atomic E-state index is 0.0385. The highest BCUT2D eigenvalue weighted by Gasteiger charge is 2.40. The molecule has 0 N–H and O–H groups in total. The standard InChI is InChI=1S/C22H38ClOPSi/c1-20(2,3)15-13-16(21(4,5)6)18(17(14-15)22(7,8)9)25(19(23)24)26(10,11)12/h13-14H,1-12H3. The van der Waals surface area contributed by atoms with E-state index in [4.69, 9.17) is 11.6 Å². The van der Waals surface area contributed by atoms with Crippen molar-refractivity contribution in [1.82, 2.24) is 0 Å². The third-order valence-corrected chi connectivity index (χ3v) is 13.5. The average Bonchev–Trinajstić information content (AvgIpc) is 2.32. The Labute approximate surface area is 168 Å². The first kappa shape index (κ1) is 23.9. The van der Waals surface area contributed by atoms with Gasteiger partial charge in [-0.2, -0.15) is 0 Å². The first-order chi connectivity index (χ1) is 11.3. The Hall–Kier alpha value is -0.173. The molecule has 0 aromatic heterocycles. The highest BCUT2D eigenvalue weighted by molar-refractivity contribution is 8.12. The molecule has 0 bridgehead atoms. The quantitative estimate of drug-likeness (QED) is 0.280. The second kappa shape index (κ2) is 7.34. The zero-order valence-corrected chi connectivity index (χ0v) is 21.5. The minimum atomic E-state index is -1.79. The zero-order valence-electron chi connectivity index (χ0n) is 18.9. The van der Waals surface area contributed by atoms with Gasteiger partial charge in [-0.3, -0.25) is 4.79 Å². The van der Waals surface area contributed by atoms with Crippen LogP contribution in [0.2, 0.25) is 19.6 Å². The summed E-state index contributed by atoms with van der Waals surface area (Å²) in [7, 11) is -2.80. The molecule has 0 amide bonds. The Bertz CT molecular complexity index is 647. The fraction of sp³-hybridized carbons (Fsp3) is 0.682. The largest absolute Gasteiger partial charge is 0.276 e. The molecule has 1 aromatic rings. The summed E-state index contributed by atoms with van der Waals surface area (Å²) in [5.74, 6) is 0. The molecule has 1 unspecified atom stereocenters. The molecule has 0 spiro atoms. The first-order valence-electron chi connectivity index (χ1n) is 9.47. The summed E-state index contributed by atoms with van der Waals surface area (Å²) in [6.07, 6.45) is 0. The SMILES string of the molecule is CC(C)(C)c1cc(C(C)(C)C)c(P(C(=O)Cl)[Si](C)(C)C)c(C(C)(C)C)c1. The molecule has 0 aliphatic rings. The van der Waals surface area contributed by atoms with E-state index in [2.05, 4.69) is 94.1 Å². The van der Waals surface area contributed by atoms with Crippen LogP contribution >= 0.6 is 19.1 Å². The molecule has 148 valence electrons. The number of hydrogen-bond donors (Lipinski definition) is 0. The van der Waals surface area contributed by atoms with Gasteiger partial charge in [-0.15, -0.1) is 0 Å². The Morgan fingerprint density at radius 3 is 1.35 bits per heavy atom. The van der Waals surface area contributed by atoms with Crippen molar-refractivity contribution in [3.05, 3.63) is 28.8 Å². The van der Waals surface area contributed by atoms with E-state index in [1.807, 2.05) is 0 Å². The summed E-state index contributed by atoms with van der Waals surface area (Å²) < 4.78 is 0. The van der Waals surface area contributed by atoms with Gasteiger partial charge < -0.3 is 0 Å². The Morgan fingerprint density at radius 2 is 1.15 bits per heavy atom. The smallest absolute Gasteiger partial charge is 0.243 e. The van der Waals surface area contributed by atoms with Gasteiger partial charge in [0.2, 0.25) is 4.98 Å². The van der Waals surface area contributed by atoms with Crippen molar-refractivity contribution in [2.45, 2.75) is 98.2 Å². The lowest BCUT2D eigenvalue weighted by atomic mass is 9.75. The van der Waals surface area contributed by atoms with Gasteiger partial charge in [0.05, 0.1) is 7.74 Å². The van der Waals surface area contributed by atoms with Crippen LogP contribution in [0, 0.1) is 0 Å². The Kier molecular flexibility index (Phi) is 6.74. The summed E-state index contributed by atoms with van der Waals surface area (Å²) >= 11 is 6.26. The lowest BCUT2D eigenvalue weighted by molar-refractivity contribution is 0.275. The molecular formula is C22H38ClOPSi. The summed E-state index contributed by atoms with van der Waals surface area (Å²) in [6, 6.07) is 4.69. The summed E-state index contributed by atoms with van der Waals surface area (Å²) in [5, 5.41) is 1.26. The molecule has 1 nitrogen and oxygen atoms in total. The first-order valence-corrected chi connectivity index (χ1v) is 15.5. The molecule has 0 fully saturated rings. The van der Waals surface area contributed by atoms with Crippen molar-refractivity contribution in [1.29, 1.82) is 0 Å². The highest BCUT2D eigenvalue weighted by Crippen LogP contribution is 2.52. The lowest BCUT2D eigenvalue weighted by Crippen LogP contribution is -2.37. The maximum Gasteiger partial charge on any atom is 0.243 e. The van der Waals surface area contributed by atoms with E-state index in [1.54, 1.807) is 0 Å². The van der Waals surface area contributed by atoms with Gasteiger partial charge in [-0.05, 0) is 57.3 Å². The number of carbonyl (C=O) groups excluding carboxylic acids is 1. The van der Waals surface area contributed by atoms with Crippen LogP contribution in [0.15, 0.2) is 12.1 Å². The lowest BCUT2D eigenvalue weighted by Gasteiger charge is -2.38. The van der Waals surface area contributed by atoms with Crippen LogP contribution in [0.5, 0.6) is 0 Å². The van der Waals surface area contributed by atoms with Crippen LogP contribution in [-0.4, -0.2) is 12.7 Å². The van der Waals surface area contributed by atoms with Gasteiger partial charge in [0.25, 0.3) is 0 Å². The van der Waals surface area contributed by atoms with Crippen LogP contribution in [0.1, 0.15) is 79.0 Å². The Morgan fingerprint density at radius 1 is 0.808 bits per heavy atom. The van der Waals surface area contributed by atoms with Gasteiger partial charge in [0.1, 0.15) is 0 Å². The van der Waals surface area contributed by atoms with Crippen molar-refractivity contribution in [2.75, 3.05) is 0 Å². The number of rotatable bonds is 3. The van der Waals surface area contributed by atoms with Crippen molar-refractivity contribution < 1.29 is 4.79 Å². The number of hydrogen-bond acceptors (Lipinski definition) is 1. The third kappa shape index (κ3) is 5.43. The molecule has 0 aliphatic heterocycles. The van der Waals surface area contributed by atoms with E-state index in [9.17, 15) is 4.79 Å². The average molecular weight is 413 g/mol. The maximum absolute atomic E-state index is 12.7. The molecule has 1 aromatic carbocycles. The maximum atomic E-state index is 12.7. The highest BCUT2D eigenvalue weighted by atomic mass is 35.5. The second-order valence-electron chi connectivity index (χ2n) is 11.4. The van der Waals surface area contributed by atoms with Gasteiger partial charge in [0.15, 0.2) is 0 Å². The minimum Gasteiger partial charge on any atom is -0.276 e. The summed E-state index contributed by atoms with van der Waals surface area (Å²) in [5.41, 5.74) is 3.93. The van der Waals surface area contributed by atoms with Crippen LogP contribution in [0.4, 0.5) is 4.79 Å². The van der Waals surface area contributed by atoms with E-state index in [0.29, 0.717) is 0 Å². The fourth-order valence-electron chi connectivity index (χ4n) is 3.14. The van der Waals surface area contributed by atoms with Gasteiger partial charge in [-0.25, -0.2) is 0 Å². The predicted octanol–water partition coefficient (Wildman–Crippen LogP) is 7.88. The van der Waals surface area contributed by atoms with Crippen molar-refractivity contribution >= 4 is 37.1 Å². The molecule has 0 heterocycles. The Balaban J connectivity index is 4.12. The molecule has 1 rings (SSSR count).